The third-order valence-corrected chi connectivity index (χ3v) is 7.27. The Labute approximate surface area is 175 Å². The number of nitrogens with one attached hydrogen (secondary N) is 1. The third-order valence-electron chi connectivity index (χ3n) is 5.92. The number of amides is 1. The van der Waals surface area contributed by atoms with Gasteiger partial charge in [0.25, 0.3) is 0 Å². The smallest absolute Gasteiger partial charge is 0.231 e. The second-order valence-electron chi connectivity index (χ2n) is 7.87. The van der Waals surface area contributed by atoms with Crippen LogP contribution in [0.5, 0.6) is 0 Å². The first-order valence-corrected chi connectivity index (χ1v) is 11.7. The number of nitrogens with zero attached hydrogens (tertiary/aromatic N) is 2. The van der Waals surface area contributed by atoms with Crippen molar-refractivity contribution in [3.63, 3.8) is 0 Å². The molecule has 0 spiro atoms. The van der Waals surface area contributed by atoms with E-state index in [4.69, 9.17) is 21.3 Å². The van der Waals surface area contributed by atoms with Crippen LogP contribution in [-0.2, 0) is 9.53 Å². The highest BCUT2D eigenvalue weighted by Gasteiger charge is 2.29. The van der Waals surface area contributed by atoms with E-state index in [-0.39, 0.29) is 11.8 Å². The summed E-state index contributed by atoms with van der Waals surface area (Å²) in [6.07, 6.45) is 6.57. The molecule has 4 rings (SSSR count). The van der Waals surface area contributed by atoms with Gasteiger partial charge in [0.15, 0.2) is 5.13 Å². The van der Waals surface area contributed by atoms with Crippen molar-refractivity contribution in [2.45, 2.75) is 38.5 Å². The Balaban J connectivity index is 1.51. The molecule has 0 radical (unpaired) electrons. The van der Waals surface area contributed by atoms with E-state index in [2.05, 4.69) is 0 Å². The van der Waals surface area contributed by atoms with Gasteiger partial charge in [-0.1, -0.05) is 48.3 Å². The molecule has 1 aromatic heterocycles. The van der Waals surface area contributed by atoms with Crippen molar-refractivity contribution in [3.05, 3.63) is 23.2 Å². The summed E-state index contributed by atoms with van der Waals surface area (Å²) in [4.78, 5) is 21.7. The zero-order valence-electron chi connectivity index (χ0n) is 16.3. The third kappa shape index (κ3) is 4.67. The highest BCUT2D eigenvalue weighted by Crippen LogP contribution is 2.35. The van der Waals surface area contributed by atoms with Crippen LogP contribution in [-0.4, -0.2) is 50.3 Å². The number of morpholine rings is 1. The lowest BCUT2D eigenvalue weighted by Gasteiger charge is -2.29. The van der Waals surface area contributed by atoms with Crippen molar-refractivity contribution in [1.29, 1.82) is 0 Å². The number of hydrogen-bond acceptors (Lipinski definition) is 4. The summed E-state index contributed by atoms with van der Waals surface area (Å²) in [6.45, 7) is 5.62. The first-order valence-electron chi connectivity index (χ1n) is 10.5. The molecule has 2 aliphatic rings. The molecule has 1 aromatic carbocycles. The van der Waals surface area contributed by atoms with Crippen LogP contribution in [0.1, 0.15) is 38.5 Å². The molecule has 152 valence electrons. The lowest BCUT2D eigenvalue weighted by molar-refractivity contribution is -0.908. The number of hydrogen-bond donors (Lipinski definition) is 1. The summed E-state index contributed by atoms with van der Waals surface area (Å²) < 4.78 is 6.50. The number of halogens is 1. The second kappa shape index (κ2) is 9.53. The first-order chi connectivity index (χ1) is 13.7. The number of ether oxygens (including phenoxy) is 1. The molecule has 2 heterocycles. The molecular formula is C21H29ClN3O2S+. The fourth-order valence-corrected chi connectivity index (χ4v) is 5.58. The molecule has 1 saturated heterocycles. The average molecular weight is 423 g/mol. The number of rotatable bonds is 6. The molecule has 28 heavy (non-hydrogen) atoms. The van der Waals surface area contributed by atoms with E-state index >= 15 is 0 Å². The molecule has 1 N–H and O–H groups in total. The Bertz CT molecular complexity index is 800. The summed E-state index contributed by atoms with van der Waals surface area (Å²) in [5.74, 6) is 0.402. The summed E-state index contributed by atoms with van der Waals surface area (Å²) >= 11 is 7.92. The van der Waals surface area contributed by atoms with Crippen molar-refractivity contribution in [3.8, 4) is 0 Å². The second-order valence-corrected chi connectivity index (χ2v) is 9.29. The molecule has 1 amide bonds. The molecule has 0 unspecified atom stereocenters. The minimum atomic E-state index is 0.145. The van der Waals surface area contributed by atoms with Gasteiger partial charge in [-0.3, -0.25) is 9.69 Å². The van der Waals surface area contributed by atoms with Crippen LogP contribution < -0.4 is 9.80 Å². The highest BCUT2D eigenvalue weighted by molar-refractivity contribution is 7.22. The summed E-state index contributed by atoms with van der Waals surface area (Å²) in [7, 11) is 0. The van der Waals surface area contributed by atoms with Crippen LogP contribution in [0.3, 0.4) is 0 Å². The van der Waals surface area contributed by atoms with Crippen LogP contribution >= 0.6 is 22.9 Å². The van der Waals surface area contributed by atoms with E-state index in [0.29, 0.717) is 5.02 Å². The van der Waals surface area contributed by atoms with E-state index in [9.17, 15) is 4.79 Å². The van der Waals surface area contributed by atoms with Crippen molar-refractivity contribution in [2.75, 3.05) is 44.3 Å². The van der Waals surface area contributed by atoms with Crippen LogP contribution in [0, 0.1) is 5.92 Å². The van der Waals surface area contributed by atoms with Crippen LogP contribution in [0.15, 0.2) is 18.2 Å². The number of aromatic nitrogens is 1. The van der Waals surface area contributed by atoms with Gasteiger partial charge in [-0.2, -0.15) is 0 Å². The van der Waals surface area contributed by atoms with Gasteiger partial charge in [0.05, 0.1) is 29.5 Å². The van der Waals surface area contributed by atoms with Crippen molar-refractivity contribution in [1.82, 2.24) is 4.98 Å². The normalized spacial score (nSPS) is 19.2. The summed E-state index contributed by atoms with van der Waals surface area (Å²) in [5.41, 5.74) is 0.810. The highest BCUT2D eigenvalue weighted by atomic mass is 35.5. The number of anilines is 1. The summed E-state index contributed by atoms with van der Waals surface area (Å²) in [5, 5.41) is 1.46. The van der Waals surface area contributed by atoms with Crippen molar-refractivity contribution >= 4 is 44.2 Å². The van der Waals surface area contributed by atoms with E-state index in [0.717, 1.165) is 86.8 Å². The fourth-order valence-electron chi connectivity index (χ4n) is 4.29. The molecular weight excluding hydrogens is 394 g/mol. The fraction of sp³-hybridized carbons (Fsp3) is 0.619. The zero-order chi connectivity index (χ0) is 19.3. The van der Waals surface area contributed by atoms with Crippen molar-refractivity contribution < 1.29 is 14.4 Å². The maximum absolute atomic E-state index is 13.4. The van der Waals surface area contributed by atoms with Crippen molar-refractivity contribution in [2.24, 2.45) is 5.92 Å². The first kappa shape index (κ1) is 20.1. The molecule has 2 aromatic rings. The van der Waals surface area contributed by atoms with E-state index in [1.54, 1.807) is 16.2 Å². The Morgan fingerprint density at radius 2 is 2.04 bits per heavy atom. The molecule has 1 saturated carbocycles. The Morgan fingerprint density at radius 3 is 2.79 bits per heavy atom. The minimum Gasteiger partial charge on any atom is -0.370 e. The van der Waals surface area contributed by atoms with E-state index in [1.165, 1.54) is 6.42 Å². The topological polar surface area (TPSA) is 46.9 Å². The number of para-hydroxylation sites is 1. The predicted octanol–water partition coefficient (Wildman–Crippen LogP) is 3.17. The van der Waals surface area contributed by atoms with Crippen LogP contribution in [0.4, 0.5) is 5.13 Å². The van der Waals surface area contributed by atoms with Gasteiger partial charge < -0.3 is 9.64 Å². The standard InChI is InChI=1S/C21H28ClN3O2S/c22-17-8-4-9-18-19(17)23-21(28-18)25(20(26)16-6-2-1-3-7-16)11-5-10-24-12-14-27-15-13-24/h4,8-9,16H,1-3,5-7,10-15H2/p+1. The van der Waals surface area contributed by atoms with Gasteiger partial charge in [0.1, 0.15) is 18.6 Å². The Kier molecular flexibility index (Phi) is 6.83. The van der Waals surface area contributed by atoms with E-state index < -0.39 is 0 Å². The maximum atomic E-state index is 13.4. The summed E-state index contributed by atoms with van der Waals surface area (Å²) in [6, 6.07) is 5.84. The number of fused-ring (bicyclic) bond motifs is 1. The predicted molar refractivity (Wildman–Crippen MR) is 115 cm³/mol. The Morgan fingerprint density at radius 1 is 1.25 bits per heavy atom. The zero-order valence-corrected chi connectivity index (χ0v) is 17.9. The van der Waals surface area contributed by atoms with Crippen LogP contribution in [0.2, 0.25) is 5.02 Å². The molecule has 0 bridgehead atoms. The number of quaternary nitrogens is 1. The molecule has 1 aliphatic carbocycles. The monoisotopic (exact) mass is 422 g/mol. The van der Waals surface area contributed by atoms with Gasteiger partial charge >= 0.3 is 0 Å². The molecule has 7 heteroatoms. The number of benzene rings is 1. The maximum Gasteiger partial charge on any atom is 0.231 e. The quantitative estimate of drug-likeness (QED) is 0.777. The molecule has 5 nitrogen and oxygen atoms in total. The SMILES string of the molecule is O=C(C1CCCCC1)N(CCC[NH+]1CCOCC1)c1nc2c(Cl)cccc2s1. The molecule has 0 atom stereocenters. The lowest BCUT2D eigenvalue weighted by Crippen LogP contribution is -3.14. The van der Waals surface area contributed by atoms with Gasteiger partial charge in [0.2, 0.25) is 5.91 Å². The number of carbonyl (C=O) groups excluding carboxylic acids is 1. The Hall–Kier alpha value is -1.21. The van der Waals surface area contributed by atoms with Gasteiger partial charge in [-0.05, 0) is 25.0 Å². The van der Waals surface area contributed by atoms with Gasteiger partial charge in [-0.15, -0.1) is 0 Å². The van der Waals surface area contributed by atoms with Gasteiger partial charge in [-0.25, -0.2) is 4.98 Å². The molecule has 1 aliphatic heterocycles. The minimum absolute atomic E-state index is 0.145. The molecule has 2 fully saturated rings. The lowest BCUT2D eigenvalue weighted by atomic mass is 9.88. The number of thiazole rings is 1. The number of carbonyl (C=O) groups is 1. The van der Waals surface area contributed by atoms with Crippen LogP contribution in [0.25, 0.3) is 10.2 Å². The largest absolute Gasteiger partial charge is 0.370 e. The van der Waals surface area contributed by atoms with Gasteiger partial charge in [0, 0.05) is 18.9 Å². The average Bonchev–Trinajstić information content (AvgIpc) is 3.17. The van der Waals surface area contributed by atoms with E-state index in [1.807, 2.05) is 23.1 Å².